The summed E-state index contributed by atoms with van der Waals surface area (Å²) >= 11 is 0. The van der Waals surface area contributed by atoms with Crippen LogP contribution < -0.4 is 10.1 Å². The number of aliphatic hydroxyl groups is 2. The molecular formula is C27H38N2O8S. The number of ether oxygens (including phenoxy) is 3. The standard InChI is InChI=1S/C27H38N2O8S/c1-27(2,19-30)18-29(38(33,34)23-11-9-21(35-3)10-12-23)16-25(31)24(15-20-7-5-4-6-8-20)28-26(32)37-22-13-14-36-17-22/h4-12,22,24-25,30-31H,13-19H2,1-3H3,(H,28,32)/t22-,24-,25+/m0/s1. The summed E-state index contributed by atoms with van der Waals surface area (Å²) in [5, 5.41) is 23.9. The molecule has 3 N–H and O–H groups in total. The van der Waals surface area contributed by atoms with E-state index in [2.05, 4.69) is 5.32 Å². The molecule has 0 unspecified atom stereocenters. The third kappa shape index (κ3) is 8.40. The maximum atomic E-state index is 13.7. The molecule has 1 amide bonds. The molecule has 210 valence electrons. The van der Waals surface area contributed by atoms with Crippen LogP contribution in [0.15, 0.2) is 59.5 Å². The molecule has 2 aromatic carbocycles. The molecule has 0 bridgehead atoms. The fourth-order valence-corrected chi connectivity index (χ4v) is 5.75. The van der Waals surface area contributed by atoms with Gasteiger partial charge in [-0.2, -0.15) is 4.31 Å². The van der Waals surface area contributed by atoms with Crippen LogP contribution >= 0.6 is 0 Å². The number of aliphatic hydroxyl groups excluding tert-OH is 2. The Kier molecular flexibility index (Phi) is 10.5. The van der Waals surface area contributed by atoms with Gasteiger partial charge in [0.2, 0.25) is 10.0 Å². The number of alkyl carbamates (subject to hydrolysis) is 1. The van der Waals surface area contributed by atoms with Crippen LogP contribution in [0.2, 0.25) is 0 Å². The van der Waals surface area contributed by atoms with Gasteiger partial charge in [-0.25, -0.2) is 13.2 Å². The van der Waals surface area contributed by atoms with Gasteiger partial charge < -0.3 is 29.7 Å². The number of sulfonamides is 1. The van der Waals surface area contributed by atoms with Gasteiger partial charge in [0.15, 0.2) is 0 Å². The molecule has 1 aliphatic heterocycles. The maximum Gasteiger partial charge on any atom is 0.407 e. The van der Waals surface area contributed by atoms with Gasteiger partial charge in [0, 0.05) is 31.5 Å². The van der Waals surface area contributed by atoms with Crippen LogP contribution in [-0.2, 0) is 25.9 Å². The number of hydrogen-bond acceptors (Lipinski definition) is 8. The summed E-state index contributed by atoms with van der Waals surface area (Å²) in [5.41, 5.74) is 0.0598. The Morgan fingerprint density at radius 2 is 1.87 bits per heavy atom. The van der Waals surface area contributed by atoms with Crippen molar-refractivity contribution >= 4 is 16.1 Å². The molecule has 0 spiro atoms. The van der Waals surface area contributed by atoms with E-state index in [0.717, 1.165) is 9.87 Å². The number of rotatable bonds is 13. The Balaban J connectivity index is 1.85. The molecule has 1 fully saturated rings. The van der Waals surface area contributed by atoms with Crippen LogP contribution in [-0.4, -0.2) is 87.3 Å². The zero-order chi connectivity index (χ0) is 27.8. The lowest BCUT2D eigenvalue weighted by molar-refractivity contribution is 0.0595. The highest BCUT2D eigenvalue weighted by atomic mass is 32.2. The van der Waals surface area contributed by atoms with Crippen molar-refractivity contribution in [2.24, 2.45) is 5.41 Å². The van der Waals surface area contributed by atoms with Crippen molar-refractivity contribution in [3.05, 3.63) is 60.2 Å². The number of nitrogens with one attached hydrogen (secondary N) is 1. The largest absolute Gasteiger partial charge is 0.497 e. The topological polar surface area (TPSA) is 135 Å². The molecular weight excluding hydrogens is 512 g/mol. The van der Waals surface area contributed by atoms with E-state index in [4.69, 9.17) is 14.2 Å². The fraction of sp³-hybridized carbons (Fsp3) is 0.519. The quantitative estimate of drug-likeness (QED) is 0.346. The lowest BCUT2D eigenvalue weighted by Gasteiger charge is -2.34. The minimum absolute atomic E-state index is 0.0208. The molecule has 1 aliphatic rings. The highest BCUT2D eigenvalue weighted by Crippen LogP contribution is 2.25. The third-order valence-electron chi connectivity index (χ3n) is 6.35. The Bertz CT molecular complexity index is 1120. The van der Waals surface area contributed by atoms with E-state index in [1.807, 2.05) is 30.3 Å². The molecule has 0 radical (unpaired) electrons. The van der Waals surface area contributed by atoms with Crippen LogP contribution in [0.1, 0.15) is 25.8 Å². The first-order chi connectivity index (χ1) is 18.0. The SMILES string of the molecule is COc1ccc(S(=O)(=O)N(C[C@@H](O)[C@H](Cc2ccccc2)NC(=O)O[C@H]2CCOC2)CC(C)(C)CO)cc1. The van der Waals surface area contributed by atoms with Crippen molar-refractivity contribution in [2.45, 2.75) is 49.8 Å². The van der Waals surface area contributed by atoms with Gasteiger partial charge in [-0.1, -0.05) is 44.2 Å². The lowest BCUT2D eigenvalue weighted by atomic mass is 9.94. The molecule has 10 nitrogen and oxygen atoms in total. The minimum Gasteiger partial charge on any atom is -0.497 e. The molecule has 11 heteroatoms. The summed E-state index contributed by atoms with van der Waals surface area (Å²) in [6, 6.07) is 14.4. The Morgan fingerprint density at radius 1 is 1.18 bits per heavy atom. The van der Waals surface area contributed by atoms with Crippen molar-refractivity contribution in [3.63, 3.8) is 0 Å². The lowest BCUT2D eigenvalue weighted by Crippen LogP contribution is -2.52. The molecule has 38 heavy (non-hydrogen) atoms. The average molecular weight is 551 g/mol. The number of nitrogens with zero attached hydrogens (tertiary/aromatic N) is 1. The highest BCUT2D eigenvalue weighted by molar-refractivity contribution is 7.89. The zero-order valence-corrected chi connectivity index (χ0v) is 22.9. The molecule has 3 atom stereocenters. The number of methoxy groups -OCH3 is 1. The van der Waals surface area contributed by atoms with E-state index >= 15 is 0 Å². The van der Waals surface area contributed by atoms with Crippen molar-refractivity contribution in [3.8, 4) is 5.75 Å². The van der Waals surface area contributed by atoms with Crippen molar-refractivity contribution in [1.29, 1.82) is 0 Å². The Morgan fingerprint density at radius 3 is 2.45 bits per heavy atom. The van der Waals surface area contributed by atoms with E-state index in [-0.39, 0.29) is 37.1 Å². The zero-order valence-electron chi connectivity index (χ0n) is 22.1. The second-order valence-electron chi connectivity index (χ2n) is 10.2. The number of benzene rings is 2. The minimum atomic E-state index is -4.07. The first-order valence-electron chi connectivity index (χ1n) is 12.6. The van der Waals surface area contributed by atoms with E-state index in [0.29, 0.717) is 25.4 Å². The number of carbonyl (C=O) groups is 1. The number of hydrogen-bond donors (Lipinski definition) is 3. The van der Waals surface area contributed by atoms with Crippen molar-refractivity contribution in [2.75, 3.05) is 40.0 Å². The molecule has 1 heterocycles. The van der Waals surface area contributed by atoms with E-state index in [1.54, 1.807) is 26.0 Å². The van der Waals surface area contributed by atoms with Crippen LogP contribution in [0.4, 0.5) is 4.79 Å². The highest BCUT2D eigenvalue weighted by Gasteiger charge is 2.35. The summed E-state index contributed by atoms with van der Waals surface area (Å²) < 4.78 is 44.3. The number of carbonyl (C=O) groups excluding carboxylic acids is 1. The van der Waals surface area contributed by atoms with Gasteiger partial charge in [0.05, 0.1) is 37.4 Å². The van der Waals surface area contributed by atoms with Crippen molar-refractivity contribution < 1.29 is 37.6 Å². The van der Waals surface area contributed by atoms with Gasteiger partial charge >= 0.3 is 6.09 Å². The predicted molar refractivity (Wildman–Crippen MR) is 141 cm³/mol. The van der Waals surface area contributed by atoms with Crippen molar-refractivity contribution in [1.82, 2.24) is 9.62 Å². The van der Waals surface area contributed by atoms with E-state index in [9.17, 15) is 23.4 Å². The Hall–Kier alpha value is -2.70. The smallest absolute Gasteiger partial charge is 0.407 e. The summed E-state index contributed by atoms with van der Waals surface area (Å²) in [4.78, 5) is 12.7. The Labute approximate surface area is 224 Å². The van der Waals surface area contributed by atoms with Gasteiger partial charge in [0.1, 0.15) is 11.9 Å². The van der Waals surface area contributed by atoms with Crippen LogP contribution in [0, 0.1) is 5.41 Å². The maximum absolute atomic E-state index is 13.7. The molecule has 0 saturated carbocycles. The molecule has 2 aromatic rings. The summed E-state index contributed by atoms with van der Waals surface area (Å²) in [6.07, 6.45) is -1.53. The predicted octanol–water partition coefficient (Wildman–Crippen LogP) is 2.19. The van der Waals surface area contributed by atoms with Gasteiger partial charge in [-0.15, -0.1) is 0 Å². The average Bonchev–Trinajstić information content (AvgIpc) is 3.41. The molecule has 3 rings (SSSR count). The first-order valence-corrected chi connectivity index (χ1v) is 14.0. The normalized spacial score (nSPS) is 17.7. The van der Waals surface area contributed by atoms with Gasteiger partial charge in [-0.05, 0) is 36.2 Å². The fourth-order valence-electron chi connectivity index (χ4n) is 4.10. The molecule has 0 aromatic heterocycles. The van der Waals surface area contributed by atoms with Gasteiger partial charge in [-0.3, -0.25) is 0 Å². The molecule has 1 saturated heterocycles. The third-order valence-corrected chi connectivity index (χ3v) is 8.17. The summed E-state index contributed by atoms with van der Waals surface area (Å²) in [5.74, 6) is 0.504. The van der Waals surface area contributed by atoms with Crippen LogP contribution in [0.3, 0.4) is 0 Å². The van der Waals surface area contributed by atoms with Crippen LogP contribution in [0.5, 0.6) is 5.75 Å². The summed E-state index contributed by atoms with van der Waals surface area (Å²) in [7, 11) is -2.59. The number of amides is 1. The van der Waals surface area contributed by atoms with Crippen LogP contribution in [0.25, 0.3) is 0 Å². The van der Waals surface area contributed by atoms with E-state index in [1.165, 1.54) is 19.2 Å². The first kappa shape index (κ1) is 29.9. The summed E-state index contributed by atoms with van der Waals surface area (Å²) in [6.45, 7) is 3.64. The van der Waals surface area contributed by atoms with E-state index < -0.39 is 33.7 Å². The second kappa shape index (κ2) is 13.4. The van der Waals surface area contributed by atoms with Gasteiger partial charge in [0.25, 0.3) is 0 Å². The molecule has 0 aliphatic carbocycles. The monoisotopic (exact) mass is 550 g/mol. The second-order valence-corrected chi connectivity index (χ2v) is 12.1.